The van der Waals surface area contributed by atoms with Crippen molar-refractivity contribution in [1.29, 1.82) is 0 Å². The number of aromatic nitrogens is 1. The number of aryl methyl sites for hydroxylation is 1. The van der Waals surface area contributed by atoms with Gasteiger partial charge in [-0.05, 0) is 65.4 Å². The van der Waals surface area contributed by atoms with Crippen LogP contribution >= 0.6 is 49.9 Å². The quantitative estimate of drug-likeness (QED) is 0.155. The molecule has 0 aliphatic carbocycles. The van der Waals surface area contributed by atoms with Crippen LogP contribution in [0.25, 0.3) is 10.2 Å². The van der Waals surface area contributed by atoms with E-state index in [1.165, 1.54) is 21.9 Å². The summed E-state index contributed by atoms with van der Waals surface area (Å²) in [5, 5.41) is 6.44. The van der Waals surface area contributed by atoms with E-state index in [1.54, 1.807) is 6.21 Å². The lowest BCUT2D eigenvalue weighted by atomic mass is 10.2. The summed E-state index contributed by atoms with van der Waals surface area (Å²) >= 11 is 7.09. The van der Waals surface area contributed by atoms with Crippen molar-refractivity contribution in [3.05, 3.63) is 91.5 Å². The number of carbonyl (C=O) groups is 1. The van der Waals surface area contributed by atoms with E-state index in [0.717, 1.165) is 23.8 Å². The maximum atomic E-state index is 13.4. The van der Waals surface area contributed by atoms with Crippen LogP contribution in [-0.4, -0.2) is 17.1 Å². The monoisotopic (exact) mass is 575 g/mol. The highest BCUT2D eigenvalue weighted by Gasteiger charge is 2.22. The van der Waals surface area contributed by atoms with E-state index in [9.17, 15) is 4.79 Å². The first-order chi connectivity index (χ1) is 14.0. The third-order valence-corrected chi connectivity index (χ3v) is 6.64. The first-order valence-electron chi connectivity index (χ1n) is 8.77. The Morgan fingerprint density at radius 1 is 1.14 bits per heavy atom. The van der Waals surface area contributed by atoms with Crippen molar-refractivity contribution in [2.75, 3.05) is 5.01 Å². The molecule has 0 spiro atoms. The Bertz CT molecular complexity index is 1220. The number of carbonyl (C=O) groups excluding carboxylic acids is 1. The summed E-state index contributed by atoms with van der Waals surface area (Å²) < 4.78 is 2.83. The maximum absolute atomic E-state index is 13.4. The fraction of sp³-hybridized carbons (Fsp3) is 0.0455. The highest BCUT2D eigenvalue weighted by Crippen LogP contribution is 2.32. The van der Waals surface area contributed by atoms with Gasteiger partial charge in [-0.25, -0.2) is 4.98 Å². The molecule has 4 aromatic rings. The molecule has 0 saturated carbocycles. The van der Waals surface area contributed by atoms with E-state index >= 15 is 0 Å². The van der Waals surface area contributed by atoms with Gasteiger partial charge in [-0.3, -0.25) is 4.79 Å². The third kappa shape index (κ3) is 4.57. The molecule has 4 nitrogen and oxygen atoms in total. The number of thiazole rings is 1. The molecule has 7 heteroatoms. The Balaban J connectivity index is 1.78. The van der Waals surface area contributed by atoms with Gasteiger partial charge in [0.2, 0.25) is 5.13 Å². The number of hydrazone groups is 1. The molecule has 0 bridgehead atoms. The average molecular weight is 576 g/mol. The molecule has 144 valence electrons. The highest BCUT2D eigenvalue weighted by molar-refractivity contribution is 14.1. The minimum atomic E-state index is -0.212. The molecule has 4 rings (SSSR count). The fourth-order valence-corrected chi connectivity index (χ4v) is 4.78. The molecular weight excluding hydrogens is 561 g/mol. The minimum absolute atomic E-state index is 0.212. The predicted molar refractivity (Wildman–Crippen MR) is 132 cm³/mol. The maximum Gasteiger partial charge on any atom is 0.281 e. The lowest BCUT2D eigenvalue weighted by molar-refractivity contribution is 0.0987. The number of rotatable bonds is 4. The van der Waals surface area contributed by atoms with Gasteiger partial charge in [0.1, 0.15) is 0 Å². The van der Waals surface area contributed by atoms with Crippen molar-refractivity contribution in [2.24, 2.45) is 5.10 Å². The Hall–Kier alpha value is -2.10. The molecule has 0 fully saturated rings. The third-order valence-electron chi connectivity index (χ3n) is 4.22. The van der Waals surface area contributed by atoms with E-state index in [0.29, 0.717) is 10.7 Å². The van der Waals surface area contributed by atoms with E-state index in [1.807, 2.05) is 73.7 Å². The van der Waals surface area contributed by atoms with Crippen molar-refractivity contribution in [1.82, 2.24) is 4.98 Å². The van der Waals surface area contributed by atoms with E-state index in [2.05, 4.69) is 48.6 Å². The second-order valence-corrected chi connectivity index (χ2v) is 9.45. The molecule has 0 aliphatic rings. The van der Waals surface area contributed by atoms with Gasteiger partial charge in [-0.2, -0.15) is 10.1 Å². The topological polar surface area (TPSA) is 45.6 Å². The van der Waals surface area contributed by atoms with E-state index < -0.39 is 0 Å². The lowest BCUT2D eigenvalue weighted by Crippen LogP contribution is -2.26. The molecule has 0 radical (unpaired) electrons. The van der Waals surface area contributed by atoms with E-state index in [-0.39, 0.29) is 5.91 Å². The van der Waals surface area contributed by atoms with Crippen molar-refractivity contribution in [3.63, 3.8) is 0 Å². The summed E-state index contributed by atoms with van der Waals surface area (Å²) in [6, 6.07) is 21.3. The van der Waals surface area contributed by atoms with Gasteiger partial charge in [0, 0.05) is 8.04 Å². The molecule has 0 N–H and O–H groups in total. The summed E-state index contributed by atoms with van der Waals surface area (Å²) in [6.45, 7) is 2.04. The number of benzene rings is 3. The molecule has 1 amide bonds. The molecule has 3 aromatic carbocycles. The van der Waals surface area contributed by atoms with Crippen molar-refractivity contribution in [3.8, 4) is 0 Å². The normalized spacial score (nSPS) is 11.3. The average Bonchev–Trinajstić information content (AvgIpc) is 3.12. The number of fused-ring (bicyclic) bond motifs is 1. The van der Waals surface area contributed by atoms with Crippen LogP contribution in [-0.2, 0) is 0 Å². The fourth-order valence-electron chi connectivity index (χ4n) is 2.69. The first kappa shape index (κ1) is 20.2. The molecule has 1 heterocycles. The zero-order valence-corrected chi connectivity index (χ0v) is 19.9. The number of hydrogen-bond acceptors (Lipinski definition) is 4. The molecule has 29 heavy (non-hydrogen) atoms. The van der Waals surface area contributed by atoms with Crippen molar-refractivity contribution < 1.29 is 4.79 Å². The standard InChI is InChI=1S/C22H15BrIN3OS/c1-14-6-8-15(9-7-14)13-25-27(21(28)17-4-2-3-5-18(17)24)22-26-19-11-10-16(23)12-20(19)29-22/h2-13H,1H3/b25-13+. The first-order valence-corrected chi connectivity index (χ1v) is 11.5. The molecule has 0 atom stereocenters. The van der Waals surface area contributed by atoms with Crippen LogP contribution in [0, 0.1) is 10.5 Å². The number of halogens is 2. The Morgan fingerprint density at radius 2 is 1.90 bits per heavy atom. The van der Waals surface area contributed by atoms with Gasteiger partial charge in [0.05, 0.1) is 22.0 Å². The molecule has 1 aromatic heterocycles. The van der Waals surface area contributed by atoms with Crippen molar-refractivity contribution >= 4 is 77.3 Å². The van der Waals surface area contributed by atoms with E-state index in [4.69, 9.17) is 0 Å². The second kappa shape index (κ2) is 8.73. The summed E-state index contributed by atoms with van der Waals surface area (Å²) in [7, 11) is 0. The summed E-state index contributed by atoms with van der Waals surface area (Å²) in [6.07, 6.45) is 1.69. The van der Waals surface area contributed by atoms with Gasteiger partial charge in [0.25, 0.3) is 5.91 Å². The Morgan fingerprint density at radius 3 is 2.66 bits per heavy atom. The summed E-state index contributed by atoms with van der Waals surface area (Å²) in [5.74, 6) is -0.212. The second-order valence-electron chi connectivity index (χ2n) is 6.36. The van der Waals surface area contributed by atoms with Crippen LogP contribution in [0.1, 0.15) is 21.5 Å². The minimum Gasteiger partial charge on any atom is -0.267 e. The van der Waals surface area contributed by atoms with Gasteiger partial charge >= 0.3 is 0 Å². The van der Waals surface area contributed by atoms with Crippen LogP contribution < -0.4 is 5.01 Å². The van der Waals surface area contributed by atoms with Gasteiger partial charge < -0.3 is 0 Å². The predicted octanol–water partition coefficient (Wildman–Crippen LogP) is 6.65. The van der Waals surface area contributed by atoms with Crippen LogP contribution in [0.4, 0.5) is 5.13 Å². The molecule has 0 unspecified atom stereocenters. The smallest absolute Gasteiger partial charge is 0.267 e. The highest BCUT2D eigenvalue weighted by atomic mass is 127. The zero-order chi connectivity index (χ0) is 20.4. The zero-order valence-electron chi connectivity index (χ0n) is 15.3. The Kier molecular flexibility index (Phi) is 6.07. The van der Waals surface area contributed by atoms with Crippen molar-refractivity contribution in [2.45, 2.75) is 6.92 Å². The Labute approximate surface area is 194 Å². The number of hydrogen-bond donors (Lipinski definition) is 0. The lowest BCUT2D eigenvalue weighted by Gasteiger charge is -2.14. The number of nitrogens with zero attached hydrogens (tertiary/aromatic N) is 3. The molecule has 0 aliphatic heterocycles. The van der Waals surface area contributed by atoms with Crippen LogP contribution in [0.3, 0.4) is 0 Å². The summed E-state index contributed by atoms with van der Waals surface area (Å²) in [5.41, 5.74) is 3.51. The molecular formula is C22H15BrIN3OS. The van der Waals surface area contributed by atoms with Crippen LogP contribution in [0.15, 0.2) is 76.3 Å². The van der Waals surface area contributed by atoms with Crippen LogP contribution in [0.2, 0.25) is 0 Å². The van der Waals surface area contributed by atoms with Crippen LogP contribution in [0.5, 0.6) is 0 Å². The number of amides is 1. The van der Waals surface area contributed by atoms with Gasteiger partial charge in [-0.1, -0.05) is 69.2 Å². The summed E-state index contributed by atoms with van der Waals surface area (Å²) in [4.78, 5) is 18.0. The number of anilines is 1. The van der Waals surface area contributed by atoms with Gasteiger partial charge in [0.15, 0.2) is 0 Å². The SMILES string of the molecule is Cc1ccc(/C=N/N(C(=O)c2ccccc2I)c2nc3ccc(Br)cc3s2)cc1. The largest absolute Gasteiger partial charge is 0.281 e. The van der Waals surface area contributed by atoms with Gasteiger partial charge in [-0.15, -0.1) is 0 Å². The molecule has 0 saturated heterocycles.